The Labute approximate surface area is 324 Å². The Kier molecular flexibility index (Phi) is 8.80. The van der Waals surface area contributed by atoms with Crippen LogP contribution in [0.15, 0.2) is 129 Å². The molecule has 4 heterocycles. The fourth-order valence-electron chi connectivity index (χ4n) is 6.23. The van der Waals surface area contributed by atoms with Crippen LogP contribution in [0.25, 0.3) is 22.7 Å². The molecule has 0 amide bonds. The molecular formula is C36H16F12N8S2. The van der Waals surface area contributed by atoms with Crippen LogP contribution in [-0.2, 0) is 24.7 Å². The number of benzene rings is 4. The first kappa shape index (κ1) is 38.7. The minimum absolute atomic E-state index is 0.204. The van der Waals surface area contributed by atoms with Gasteiger partial charge in [0.15, 0.2) is 31.5 Å². The summed E-state index contributed by atoms with van der Waals surface area (Å²) < 4.78 is 169. The van der Waals surface area contributed by atoms with Crippen LogP contribution in [0.5, 0.6) is 0 Å². The molecule has 0 saturated heterocycles. The predicted octanol–water partition coefficient (Wildman–Crippen LogP) is 8.72. The highest BCUT2D eigenvalue weighted by Crippen LogP contribution is 2.34. The lowest BCUT2D eigenvalue weighted by atomic mass is 10.2. The van der Waals surface area contributed by atoms with E-state index in [9.17, 15) is 52.7 Å². The number of imidazole rings is 2. The van der Waals surface area contributed by atoms with Crippen molar-refractivity contribution >= 4 is 24.4 Å². The quantitative estimate of drug-likeness (QED) is 0.132. The number of nitrogens with zero attached hydrogens (tertiary/aromatic N) is 8. The van der Waals surface area contributed by atoms with Gasteiger partial charge in [-0.3, -0.25) is 18.3 Å². The largest absolute Gasteiger partial charge is 0.416 e. The third-order valence-electron chi connectivity index (χ3n) is 8.79. The van der Waals surface area contributed by atoms with Gasteiger partial charge in [-0.15, -0.1) is 0 Å². The van der Waals surface area contributed by atoms with Crippen LogP contribution in [0.3, 0.4) is 0 Å². The summed E-state index contributed by atoms with van der Waals surface area (Å²) >= 11 is 11.2. The smallest absolute Gasteiger partial charge is 0.268 e. The molecule has 0 unspecified atom stereocenters. The van der Waals surface area contributed by atoms with Gasteiger partial charge in [-0.05, 0) is 97.2 Å². The molecule has 2 aromatic heterocycles. The van der Waals surface area contributed by atoms with Crippen molar-refractivity contribution in [2.45, 2.75) is 24.7 Å². The average molecular weight is 853 g/mol. The molecule has 22 heteroatoms. The van der Waals surface area contributed by atoms with E-state index in [-0.39, 0.29) is 54.2 Å². The zero-order chi connectivity index (χ0) is 41.7. The van der Waals surface area contributed by atoms with Gasteiger partial charge in [0.05, 0.1) is 45.0 Å². The lowest BCUT2D eigenvalue weighted by molar-refractivity contribution is -0.138. The van der Waals surface area contributed by atoms with Gasteiger partial charge < -0.3 is 0 Å². The first-order valence-corrected chi connectivity index (χ1v) is 17.0. The van der Waals surface area contributed by atoms with Crippen molar-refractivity contribution in [3.63, 3.8) is 0 Å². The number of hydrogen-bond donors (Lipinski definition) is 0. The Hall–Kier alpha value is -6.16. The lowest BCUT2D eigenvalue weighted by Crippen LogP contribution is -2.30. The van der Waals surface area contributed by atoms with E-state index >= 15 is 0 Å². The summed E-state index contributed by atoms with van der Waals surface area (Å²) in [6.45, 7) is 0. The van der Waals surface area contributed by atoms with Gasteiger partial charge in [-0.1, -0.05) is 24.3 Å². The molecule has 0 radical (unpaired) electrons. The maximum Gasteiger partial charge on any atom is 0.416 e. The standard InChI is InChI=1S/C36H16F12N8S2/c37-33(38,39)17-5-1-9-21(13-17)53-27-28(54(31(53)57)22-10-2-6-18(14-22)34(40,41)42)50-25(49-27)26-51-29-30(52-26)56(24-12-4-8-20(16-24)36(46,47)48)32(58)55(29)23-11-3-7-19(15-23)35(43,44)45/h1-16H. The number of aromatic nitrogens is 4. The van der Waals surface area contributed by atoms with Crippen LogP contribution in [0.2, 0.25) is 0 Å². The van der Waals surface area contributed by atoms with E-state index in [1.54, 1.807) is 0 Å². The fourth-order valence-corrected chi connectivity index (χ4v) is 7.00. The average Bonchev–Trinajstić information content (AvgIpc) is 3.88. The van der Waals surface area contributed by atoms with Crippen molar-refractivity contribution in [3.05, 3.63) is 162 Å². The summed E-state index contributed by atoms with van der Waals surface area (Å²) in [5, 5.41) is 0. The summed E-state index contributed by atoms with van der Waals surface area (Å²) in [5.41, 5.74) is -6.24. The SMILES string of the molecule is FC(F)(F)c1cccc(-n2c3c(n(-c4cccc(C(F)(F)F)c4)c2=S)=NC(=C2N=c4c(n(-c5cccc(C(F)(F)F)c5)c(=S)n4-c4cccc(C(F)(F)F)c4)=N2)N=3)c1. The highest BCUT2D eigenvalue weighted by molar-refractivity contribution is 7.71. The minimum Gasteiger partial charge on any atom is -0.268 e. The molecule has 8 nitrogen and oxygen atoms in total. The topological polar surface area (TPSA) is 69.2 Å². The summed E-state index contributed by atoms with van der Waals surface area (Å²) in [7, 11) is 0. The highest BCUT2D eigenvalue weighted by Gasteiger charge is 2.35. The summed E-state index contributed by atoms with van der Waals surface area (Å²) in [4.78, 5) is 17.7. The van der Waals surface area contributed by atoms with E-state index in [0.717, 1.165) is 91.1 Å². The summed E-state index contributed by atoms with van der Waals surface area (Å²) in [5.74, 6) is -0.787. The third kappa shape index (κ3) is 6.64. The zero-order valence-corrected chi connectivity index (χ0v) is 29.8. The highest BCUT2D eigenvalue weighted by atomic mass is 32.1. The maximum absolute atomic E-state index is 13.8. The van der Waals surface area contributed by atoms with Gasteiger partial charge in [0.2, 0.25) is 11.6 Å². The van der Waals surface area contributed by atoms with E-state index in [1.807, 2.05) is 0 Å². The first-order chi connectivity index (χ1) is 27.1. The van der Waals surface area contributed by atoms with Crippen LogP contribution in [0, 0.1) is 9.54 Å². The fraction of sp³-hybridized carbons (Fsp3) is 0.111. The molecule has 0 fully saturated rings. The Bertz CT molecular complexity index is 2720. The monoisotopic (exact) mass is 852 g/mol. The predicted molar refractivity (Wildman–Crippen MR) is 184 cm³/mol. The van der Waals surface area contributed by atoms with Gasteiger partial charge >= 0.3 is 24.7 Å². The van der Waals surface area contributed by atoms with Crippen molar-refractivity contribution in [2.24, 2.45) is 20.0 Å². The lowest BCUT2D eigenvalue weighted by Gasteiger charge is -2.11. The third-order valence-corrected chi connectivity index (χ3v) is 9.52. The van der Waals surface area contributed by atoms with E-state index < -0.39 is 58.6 Å². The molecule has 2 aliphatic heterocycles. The summed E-state index contributed by atoms with van der Waals surface area (Å²) in [6, 6.07) is 15.3. The van der Waals surface area contributed by atoms with Crippen LogP contribution in [0.1, 0.15) is 22.3 Å². The molecule has 0 N–H and O–H groups in total. The van der Waals surface area contributed by atoms with Crippen molar-refractivity contribution < 1.29 is 52.7 Å². The number of rotatable bonds is 4. The van der Waals surface area contributed by atoms with E-state index in [1.165, 1.54) is 24.3 Å². The Morgan fingerprint density at radius 1 is 0.345 bits per heavy atom. The number of halogens is 12. The van der Waals surface area contributed by atoms with Gasteiger partial charge in [-0.25, -0.2) is 20.0 Å². The van der Waals surface area contributed by atoms with Crippen molar-refractivity contribution in [1.82, 2.24) is 18.3 Å². The van der Waals surface area contributed by atoms with Crippen molar-refractivity contribution in [3.8, 4) is 22.7 Å². The molecule has 0 saturated carbocycles. The number of alkyl halides is 12. The molecule has 6 aromatic rings. The second-order valence-corrected chi connectivity index (χ2v) is 13.2. The van der Waals surface area contributed by atoms with E-state index in [2.05, 4.69) is 20.0 Å². The van der Waals surface area contributed by atoms with Crippen molar-refractivity contribution in [1.29, 1.82) is 0 Å². The van der Waals surface area contributed by atoms with Gasteiger partial charge in [0.1, 0.15) is 0 Å². The molecule has 4 aromatic carbocycles. The Morgan fingerprint density at radius 3 is 0.741 bits per heavy atom. The van der Waals surface area contributed by atoms with Crippen LogP contribution in [0.4, 0.5) is 52.7 Å². The van der Waals surface area contributed by atoms with Gasteiger partial charge in [-0.2, -0.15) is 52.7 Å². The Balaban J connectivity index is 1.42. The Morgan fingerprint density at radius 2 is 0.552 bits per heavy atom. The van der Waals surface area contributed by atoms with Gasteiger partial charge in [0, 0.05) is 0 Å². The molecule has 0 spiro atoms. The first-order valence-electron chi connectivity index (χ1n) is 16.2. The van der Waals surface area contributed by atoms with Crippen LogP contribution in [-0.4, -0.2) is 18.3 Å². The molecule has 2 aliphatic rings. The number of hydrogen-bond acceptors (Lipinski definition) is 6. The molecule has 0 aliphatic carbocycles. The molecule has 8 rings (SSSR count). The molecule has 0 atom stereocenters. The van der Waals surface area contributed by atoms with Crippen LogP contribution >= 0.6 is 24.4 Å². The second-order valence-electron chi connectivity index (χ2n) is 12.5. The number of fused-ring (bicyclic) bond motifs is 2. The van der Waals surface area contributed by atoms with Gasteiger partial charge in [0.25, 0.3) is 0 Å². The molecular weight excluding hydrogens is 837 g/mol. The maximum atomic E-state index is 13.8. The van der Waals surface area contributed by atoms with Crippen LogP contribution < -0.4 is 22.0 Å². The molecule has 296 valence electrons. The second kappa shape index (κ2) is 13.2. The minimum atomic E-state index is -4.81. The van der Waals surface area contributed by atoms with Crippen molar-refractivity contribution in [2.75, 3.05) is 0 Å². The summed E-state index contributed by atoms with van der Waals surface area (Å²) in [6.07, 6.45) is -19.3. The van der Waals surface area contributed by atoms with E-state index in [0.29, 0.717) is 0 Å². The zero-order valence-electron chi connectivity index (χ0n) is 28.2. The van der Waals surface area contributed by atoms with E-state index in [4.69, 9.17) is 24.4 Å². The molecule has 0 bridgehead atoms. The molecule has 58 heavy (non-hydrogen) atoms. The normalized spacial score (nSPS) is 14.1.